The van der Waals surface area contributed by atoms with Crippen LogP contribution in [0.2, 0.25) is 0 Å². The monoisotopic (exact) mass is 328 g/mol. The lowest BCUT2D eigenvalue weighted by Gasteiger charge is -2.31. The molecule has 0 radical (unpaired) electrons. The molecule has 0 saturated heterocycles. The molecule has 2 rings (SSSR count). The van der Waals surface area contributed by atoms with Gasteiger partial charge >= 0.3 is 5.97 Å². The summed E-state index contributed by atoms with van der Waals surface area (Å²) in [6.07, 6.45) is 1.00. The fourth-order valence-corrected chi connectivity index (χ4v) is 2.83. The Morgan fingerprint density at radius 2 is 1.25 bits per heavy atom. The molecule has 0 aliphatic carbocycles. The van der Waals surface area contributed by atoms with E-state index in [2.05, 4.69) is 6.92 Å². The average Bonchev–Trinajstić information content (AvgIpc) is 2.65. The van der Waals surface area contributed by atoms with Crippen molar-refractivity contribution < 1.29 is 19.0 Å². The Labute approximate surface area is 143 Å². The molecule has 0 spiro atoms. The number of ether oxygens (including phenoxy) is 3. The first-order valence-corrected chi connectivity index (χ1v) is 7.89. The summed E-state index contributed by atoms with van der Waals surface area (Å²) in [5.41, 5.74) is 1.93. The number of carbonyl (C=O) groups excluding carboxylic acids is 1. The third kappa shape index (κ3) is 3.88. The van der Waals surface area contributed by atoms with E-state index in [4.69, 9.17) is 14.2 Å². The Bertz CT molecular complexity index is 612. The van der Waals surface area contributed by atoms with Crippen LogP contribution in [0.4, 0.5) is 0 Å². The lowest BCUT2D eigenvalue weighted by Crippen LogP contribution is -2.25. The van der Waals surface area contributed by atoms with Crippen molar-refractivity contribution in [1.29, 1.82) is 0 Å². The molecule has 4 nitrogen and oxygen atoms in total. The van der Waals surface area contributed by atoms with Gasteiger partial charge in [-0.1, -0.05) is 31.2 Å². The maximum Gasteiger partial charge on any atom is 0.305 e. The maximum atomic E-state index is 11.7. The minimum atomic E-state index is -0.313. The zero-order valence-electron chi connectivity index (χ0n) is 14.7. The number of benzene rings is 2. The summed E-state index contributed by atoms with van der Waals surface area (Å²) in [6, 6.07) is 15.9. The van der Waals surface area contributed by atoms with E-state index in [9.17, 15) is 4.79 Å². The predicted octanol–water partition coefficient (Wildman–Crippen LogP) is 3.96. The molecule has 2 aromatic rings. The Kier molecular flexibility index (Phi) is 5.85. The van der Waals surface area contributed by atoms with Crippen molar-refractivity contribution in [2.24, 2.45) is 0 Å². The van der Waals surface area contributed by atoms with Gasteiger partial charge in [0.25, 0.3) is 0 Å². The Morgan fingerprint density at radius 1 is 0.833 bits per heavy atom. The highest BCUT2D eigenvalue weighted by atomic mass is 16.5. The first-order chi connectivity index (χ1) is 11.5. The third-order valence-electron chi connectivity index (χ3n) is 4.51. The second-order valence-electron chi connectivity index (χ2n) is 5.87. The Hall–Kier alpha value is -2.49. The number of methoxy groups -OCH3 is 3. The van der Waals surface area contributed by atoms with Crippen LogP contribution in [-0.4, -0.2) is 27.3 Å². The van der Waals surface area contributed by atoms with Crippen LogP contribution in [0.25, 0.3) is 0 Å². The lowest BCUT2D eigenvalue weighted by atomic mass is 9.73. The van der Waals surface area contributed by atoms with Gasteiger partial charge in [-0.05, 0) is 41.8 Å². The van der Waals surface area contributed by atoms with Crippen LogP contribution in [0.15, 0.2) is 48.5 Å². The van der Waals surface area contributed by atoms with Gasteiger partial charge in [-0.3, -0.25) is 4.79 Å². The molecule has 4 heteroatoms. The topological polar surface area (TPSA) is 44.8 Å². The van der Waals surface area contributed by atoms with Gasteiger partial charge in [-0.15, -0.1) is 0 Å². The highest BCUT2D eigenvalue weighted by molar-refractivity contribution is 5.69. The quantitative estimate of drug-likeness (QED) is 0.722. The molecule has 0 saturated carbocycles. The molecular formula is C20H24O4. The van der Waals surface area contributed by atoms with Crippen LogP contribution >= 0.6 is 0 Å². The minimum absolute atomic E-state index is 0.205. The fourth-order valence-electron chi connectivity index (χ4n) is 2.83. The smallest absolute Gasteiger partial charge is 0.305 e. The first kappa shape index (κ1) is 17.9. The lowest BCUT2D eigenvalue weighted by molar-refractivity contribution is -0.140. The minimum Gasteiger partial charge on any atom is -0.497 e. The SMILES string of the molecule is COC(=O)CCC(C)(c1ccc(OC)cc1)c1ccc(OC)cc1. The first-order valence-electron chi connectivity index (χ1n) is 7.89. The van der Waals surface area contributed by atoms with Crippen LogP contribution in [-0.2, 0) is 14.9 Å². The molecule has 0 aliphatic heterocycles. The molecule has 0 bridgehead atoms. The highest BCUT2D eigenvalue weighted by Gasteiger charge is 2.30. The predicted molar refractivity (Wildman–Crippen MR) is 93.7 cm³/mol. The van der Waals surface area contributed by atoms with Gasteiger partial charge in [0, 0.05) is 11.8 Å². The van der Waals surface area contributed by atoms with Crippen LogP contribution < -0.4 is 9.47 Å². The molecule has 2 aromatic carbocycles. The van der Waals surface area contributed by atoms with Crippen LogP contribution in [0.1, 0.15) is 30.9 Å². The second-order valence-corrected chi connectivity index (χ2v) is 5.87. The maximum absolute atomic E-state index is 11.7. The van der Waals surface area contributed by atoms with Crippen LogP contribution in [0.3, 0.4) is 0 Å². The van der Waals surface area contributed by atoms with E-state index in [1.165, 1.54) is 7.11 Å². The normalized spacial score (nSPS) is 11.0. The van der Waals surface area contributed by atoms with Gasteiger partial charge in [0.1, 0.15) is 11.5 Å². The van der Waals surface area contributed by atoms with Crippen LogP contribution in [0.5, 0.6) is 11.5 Å². The van der Waals surface area contributed by atoms with Gasteiger partial charge in [0.2, 0.25) is 0 Å². The Morgan fingerprint density at radius 3 is 1.58 bits per heavy atom. The van der Waals surface area contributed by atoms with E-state index in [-0.39, 0.29) is 11.4 Å². The number of hydrogen-bond acceptors (Lipinski definition) is 4. The number of esters is 1. The van der Waals surface area contributed by atoms with Crippen LogP contribution in [0, 0.1) is 0 Å². The molecule has 0 aliphatic rings. The van der Waals surface area contributed by atoms with Gasteiger partial charge in [0.15, 0.2) is 0 Å². The van der Waals surface area contributed by atoms with E-state index in [1.807, 2.05) is 48.5 Å². The molecular weight excluding hydrogens is 304 g/mol. The van der Waals surface area contributed by atoms with Gasteiger partial charge in [-0.2, -0.15) is 0 Å². The van der Waals surface area contributed by atoms with E-state index in [1.54, 1.807) is 14.2 Å². The van der Waals surface area contributed by atoms with E-state index >= 15 is 0 Å². The van der Waals surface area contributed by atoms with Gasteiger partial charge in [-0.25, -0.2) is 0 Å². The number of rotatable bonds is 7. The molecule has 128 valence electrons. The molecule has 0 heterocycles. The Balaban J connectivity index is 2.39. The van der Waals surface area contributed by atoms with Gasteiger partial charge in [0.05, 0.1) is 21.3 Å². The summed E-state index contributed by atoms with van der Waals surface area (Å²) in [6.45, 7) is 2.14. The molecule has 0 N–H and O–H groups in total. The largest absolute Gasteiger partial charge is 0.497 e. The van der Waals surface area contributed by atoms with Crippen molar-refractivity contribution in [1.82, 2.24) is 0 Å². The summed E-state index contributed by atoms with van der Waals surface area (Å²) in [4.78, 5) is 11.7. The van der Waals surface area contributed by atoms with Crippen molar-refractivity contribution >= 4 is 5.97 Å². The van der Waals surface area contributed by atoms with Gasteiger partial charge < -0.3 is 14.2 Å². The van der Waals surface area contributed by atoms with E-state index < -0.39 is 0 Å². The molecule has 0 atom stereocenters. The fraction of sp³-hybridized carbons (Fsp3) is 0.350. The molecule has 24 heavy (non-hydrogen) atoms. The number of hydrogen-bond donors (Lipinski definition) is 0. The molecule has 0 unspecified atom stereocenters. The zero-order chi connectivity index (χ0) is 17.6. The van der Waals surface area contributed by atoms with E-state index in [0.717, 1.165) is 22.6 Å². The summed E-state index contributed by atoms with van der Waals surface area (Å²) in [5, 5.41) is 0. The summed E-state index contributed by atoms with van der Waals surface area (Å²) < 4.78 is 15.3. The summed E-state index contributed by atoms with van der Waals surface area (Å²) in [5.74, 6) is 1.41. The van der Waals surface area contributed by atoms with Crippen molar-refractivity contribution in [3.63, 3.8) is 0 Å². The molecule has 0 aromatic heterocycles. The second kappa shape index (κ2) is 7.86. The van der Waals surface area contributed by atoms with Crippen molar-refractivity contribution in [2.45, 2.75) is 25.2 Å². The van der Waals surface area contributed by atoms with Crippen molar-refractivity contribution in [3.8, 4) is 11.5 Å². The van der Waals surface area contributed by atoms with E-state index in [0.29, 0.717) is 12.8 Å². The summed E-state index contributed by atoms with van der Waals surface area (Å²) >= 11 is 0. The van der Waals surface area contributed by atoms with Crippen molar-refractivity contribution in [2.75, 3.05) is 21.3 Å². The zero-order valence-corrected chi connectivity index (χ0v) is 14.7. The summed E-state index contributed by atoms with van der Waals surface area (Å²) in [7, 11) is 4.71. The molecule has 0 amide bonds. The highest BCUT2D eigenvalue weighted by Crippen LogP contribution is 2.38. The standard InChI is InChI=1S/C20H24O4/c1-20(14-13-19(21)24-4,15-5-9-17(22-2)10-6-15)16-7-11-18(23-3)12-8-16/h5-12H,13-14H2,1-4H3. The number of carbonyl (C=O) groups is 1. The average molecular weight is 328 g/mol. The van der Waals surface area contributed by atoms with Crippen molar-refractivity contribution in [3.05, 3.63) is 59.7 Å². The third-order valence-corrected chi connectivity index (χ3v) is 4.51. The molecule has 0 fully saturated rings.